The number of benzene rings is 1. The molecule has 0 atom stereocenters. The zero-order valence-electron chi connectivity index (χ0n) is 6.98. The van der Waals surface area contributed by atoms with Crippen molar-refractivity contribution in [2.24, 2.45) is 0 Å². The van der Waals surface area contributed by atoms with Crippen LogP contribution in [0.25, 0.3) is 0 Å². The summed E-state index contributed by atoms with van der Waals surface area (Å²) in [6.07, 6.45) is -0.364. The van der Waals surface area contributed by atoms with Crippen molar-refractivity contribution in [3.8, 4) is 6.07 Å². The maximum Gasteiger partial charge on any atom is 0.510 e. The van der Waals surface area contributed by atoms with E-state index >= 15 is 0 Å². The van der Waals surface area contributed by atoms with Crippen molar-refractivity contribution in [3.05, 3.63) is 29.6 Å². The summed E-state index contributed by atoms with van der Waals surface area (Å²) >= 11 is 0. The smallest absolute Gasteiger partial charge is 0.445 e. The Kier molecular flexibility index (Phi) is 2.80. The molecule has 0 fully saturated rings. The summed E-state index contributed by atoms with van der Waals surface area (Å²) in [5.74, 6) is -0.944. The predicted molar refractivity (Wildman–Crippen MR) is 44.4 cm³/mol. The summed E-state index contributed by atoms with van der Waals surface area (Å²) in [6, 6.07) is 3.93. The van der Waals surface area contributed by atoms with Gasteiger partial charge in [0.15, 0.2) is 0 Å². The van der Waals surface area contributed by atoms with Crippen LogP contribution in [0.3, 0.4) is 0 Å². The third kappa shape index (κ3) is 2.25. The van der Waals surface area contributed by atoms with Crippen LogP contribution in [-0.4, -0.2) is 6.98 Å². The summed E-state index contributed by atoms with van der Waals surface area (Å²) in [4.78, 5) is 0. The highest BCUT2D eigenvalue weighted by Crippen LogP contribution is 2.13. The SMILES string of the molecule is N#CCc1ccc(F)cc1[B-](F)(F)F. The molecular formula is C8H5BF4N-. The van der Waals surface area contributed by atoms with Crippen LogP contribution in [-0.2, 0) is 6.42 Å². The number of nitrogens with zero attached hydrogens (tertiary/aromatic N) is 1. The van der Waals surface area contributed by atoms with E-state index in [9.17, 15) is 17.3 Å². The van der Waals surface area contributed by atoms with E-state index in [1.165, 1.54) is 0 Å². The largest absolute Gasteiger partial charge is 0.510 e. The van der Waals surface area contributed by atoms with E-state index in [1.807, 2.05) is 0 Å². The van der Waals surface area contributed by atoms with Gasteiger partial charge in [-0.2, -0.15) is 5.26 Å². The first-order valence-corrected chi connectivity index (χ1v) is 3.80. The molecule has 0 bridgehead atoms. The van der Waals surface area contributed by atoms with Crippen molar-refractivity contribution in [1.29, 1.82) is 5.26 Å². The lowest BCUT2D eigenvalue weighted by Crippen LogP contribution is -2.37. The lowest BCUT2D eigenvalue weighted by molar-refractivity contribution is 0.499. The van der Waals surface area contributed by atoms with Gasteiger partial charge in [0.1, 0.15) is 5.82 Å². The van der Waals surface area contributed by atoms with Crippen molar-refractivity contribution in [1.82, 2.24) is 0 Å². The maximum atomic E-state index is 12.5. The second kappa shape index (κ2) is 3.70. The molecule has 0 spiro atoms. The van der Waals surface area contributed by atoms with Gasteiger partial charge < -0.3 is 12.9 Å². The Bertz CT molecular complexity index is 380. The molecule has 14 heavy (non-hydrogen) atoms. The van der Waals surface area contributed by atoms with Crippen LogP contribution in [0.2, 0.25) is 0 Å². The van der Waals surface area contributed by atoms with Crippen LogP contribution in [0.15, 0.2) is 18.2 Å². The molecular weight excluding hydrogens is 197 g/mol. The number of halogens is 4. The Balaban J connectivity index is 3.24. The first kappa shape index (κ1) is 10.6. The molecule has 0 aromatic heterocycles. The van der Waals surface area contributed by atoms with E-state index in [4.69, 9.17) is 5.26 Å². The minimum Gasteiger partial charge on any atom is -0.445 e. The van der Waals surface area contributed by atoms with E-state index < -0.39 is 18.3 Å². The van der Waals surface area contributed by atoms with Gasteiger partial charge in [0.2, 0.25) is 0 Å². The number of rotatable bonds is 2. The van der Waals surface area contributed by atoms with Gasteiger partial charge in [-0.05, 0) is 6.07 Å². The molecule has 0 aliphatic carbocycles. The second-order valence-corrected chi connectivity index (χ2v) is 2.75. The van der Waals surface area contributed by atoms with Crippen molar-refractivity contribution in [3.63, 3.8) is 0 Å². The molecule has 0 heterocycles. The Morgan fingerprint density at radius 2 is 1.93 bits per heavy atom. The highest BCUT2D eigenvalue weighted by molar-refractivity contribution is 6.74. The van der Waals surface area contributed by atoms with Gasteiger partial charge in [0.25, 0.3) is 0 Å². The van der Waals surface area contributed by atoms with E-state index in [2.05, 4.69) is 0 Å². The Morgan fingerprint density at radius 3 is 2.43 bits per heavy atom. The van der Waals surface area contributed by atoms with Crippen LogP contribution >= 0.6 is 0 Å². The summed E-state index contributed by atoms with van der Waals surface area (Å²) in [5, 5.41) is 8.28. The zero-order chi connectivity index (χ0) is 10.8. The van der Waals surface area contributed by atoms with Gasteiger partial charge in [0.05, 0.1) is 12.5 Å². The van der Waals surface area contributed by atoms with E-state index in [0.717, 1.165) is 12.1 Å². The third-order valence-corrected chi connectivity index (χ3v) is 1.73. The van der Waals surface area contributed by atoms with Gasteiger partial charge in [-0.3, -0.25) is 0 Å². The molecule has 0 radical (unpaired) electrons. The van der Waals surface area contributed by atoms with Gasteiger partial charge in [-0.15, -0.1) is 5.46 Å². The molecule has 1 nitrogen and oxygen atoms in total. The Morgan fingerprint density at radius 1 is 1.29 bits per heavy atom. The molecule has 0 aliphatic rings. The topological polar surface area (TPSA) is 23.8 Å². The fraction of sp³-hybridized carbons (Fsp3) is 0.125. The highest BCUT2D eigenvalue weighted by Gasteiger charge is 2.28. The zero-order valence-corrected chi connectivity index (χ0v) is 6.98. The van der Waals surface area contributed by atoms with Crippen LogP contribution in [0.5, 0.6) is 0 Å². The second-order valence-electron chi connectivity index (χ2n) is 2.75. The van der Waals surface area contributed by atoms with Gasteiger partial charge >= 0.3 is 6.98 Å². The Hall–Kier alpha value is -1.51. The molecule has 0 saturated carbocycles. The van der Waals surface area contributed by atoms with Crippen molar-refractivity contribution in [2.75, 3.05) is 0 Å². The van der Waals surface area contributed by atoms with E-state index in [1.54, 1.807) is 6.07 Å². The fourth-order valence-electron chi connectivity index (χ4n) is 1.12. The molecule has 0 N–H and O–H groups in total. The lowest BCUT2D eigenvalue weighted by atomic mass is 9.76. The van der Waals surface area contributed by atoms with Crippen molar-refractivity contribution >= 4 is 12.4 Å². The van der Waals surface area contributed by atoms with Crippen molar-refractivity contribution < 1.29 is 17.3 Å². The normalized spacial score (nSPS) is 11.1. The standard InChI is InChI=1S/C8H5BF4N/c10-7-2-1-6(3-4-14)8(5-7)9(11,12)13/h1-2,5H,3H2/q-1. The predicted octanol–water partition coefficient (Wildman–Crippen LogP) is 1.95. The minimum atomic E-state index is -5.26. The molecule has 1 rings (SSSR count). The first-order valence-electron chi connectivity index (χ1n) is 3.80. The summed E-state index contributed by atoms with van der Waals surface area (Å²) in [6.45, 7) is -5.26. The van der Waals surface area contributed by atoms with E-state index in [-0.39, 0.29) is 12.0 Å². The average Bonchev–Trinajstić information content (AvgIpc) is 2.07. The van der Waals surface area contributed by atoms with Crippen LogP contribution in [0.1, 0.15) is 5.56 Å². The molecule has 0 saturated heterocycles. The maximum absolute atomic E-state index is 12.5. The van der Waals surface area contributed by atoms with Crippen molar-refractivity contribution in [2.45, 2.75) is 6.42 Å². The quantitative estimate of drug-likeness (QED) is 0.530. The Labute approximate surface area is 78.0 Å². The molecule has 1 aromatic carbocycles. The molecule has 6 heteroatoms. The van der Waals surface area contributed by atoms with E-state index in [0.29, 0.717) is 6.07 Å². The van der Waals surface area contributed by atoms with Gasteiger partial charge in [-0.25, -0.2) is 4.39 Å². The van der Waals surface area contributed by atoms with Gasteiger partial charge in [-0.1, -0.05) is 17.7 Å². The monoisotopic (exact) mass is 202 g/mol. The number of nitriles is 1. The van der Waals surface area contributed by atoms with Crippen LogP contribution < -0.4 is 5.46 Å². The minimum absolute atomic E-state index is 0.179. The molecule has 1 aromatic rings. The van der Waals surface area contributed by atoms with Crippen LogP contribution in [0, 0.1) is 17.1 Å². The summed E-state index contributed by atoms with van der Waals surface area (Å²) < 4.78 is 49.6. The summed E-state index contributed by atoms with van der Waals surface area (Å²) in [7, 11) is 0. The molecule has 0 aliphatic heterocycles. The first-order chi connectivity index (χ1) is 6.45. The number of hydrogen-bond donors (Lipinski definition) is 0. The third-order valence-electron chi connectivity index (χ3n) is 1.73. The summed E-state index contributed by atoms with van der Waals surface area (Å²) in [5.41, 5.74) is -1.20. The lowest BCUT2D eigenvalue weighted by Gasteiger charge is -2.18. The molecule has 74 valence electrons. The molecule has 0 unspecified atom stereocenters. The molecule has 0 amide bonds. The van der Waals surface area contributed by atoms with Crippen LogP contribution in [0.4, 0.5) is 17.3 Å². The van der Waals surface area contributed by atoms with Gasteiger partial charge in [0, 0.05) is 0 Å². The fourth-order valence-corrected chi connectivity index (χ4v) is 1.12. The highest BCUT2D eigenvalue weighted by atomic mass is 19.4. The average molecular weight is 202 g/mol. The number of hydrogen-bond acceptors (Lipinski definition) is 1.